The lowest BCUT2D eigenvalue weighted by Gasteiger charge is -2.28. The number of para-hydroxylation sites is 1. The Morgan fingerprint density at radius 2 is 1.51 bits per heavy atom. The summed E-state index contributed by atoms with van der Waals surface area (Å²) in [6, 6.07) is 31.0. The van der Waals surface area contributed by atoms with E-state index in [2.05, 4.69) is 163 Å². The molecule has 2 unspecified atom stereocenters. The average Bonchev–Trinajstić information content (AvgIpc) is 3.85. The van der Waals surface area contributed by atoms with Crippen LogP contribution in [-0.2, 0) is 30.6 Å². The summed E-state index contributed by atoms with van der Waals surface area (Å²) in [5.41, 5.74) is 8.78. The first-order chi connectivity index (χ1) is 32.3. The number of fused-ring (bicyclic) bond motifs is 7. The van der Waals surface area contributed by atoms with Crippen molar-refractivity contribution in [1.29, 1.82) is 0 Å². The summed E-state index contributed by atoms with van der Waals surface area (Å²) in [6.45, 7) is 18.5. The molecule has 5 aromatic rings. The second-order valence-electron chi connectivity index (χ2n) is 20.7. The van der Waals surface area contributed by atoms with Crippen LogP contribution in [-0.4, -0.2) is 65.8 Å². The van der Waals surface area contributed by atoms with Crippen molar-refractivity contribution in [3.63, 3.8) is 0 Å². The molecule has 4 aliphatic heterocycles. The number of hydrogen-bond acceptors (Lipinski definition) is 7. The zero-order chi connectivity index (χ0) is 48.4. The number of nitrogens with zero attached hydrogens (tertiary/aromatic N) is 3. The molecule has 4 heterocycles. The smallest absolute Gasteiger partial charge is 0.309 e. The molecule has 10 nitrogen and oxygen atoms in total. The van der Waals surface area contributed by atoms with Crippen molar-refractivity contribution in [3.8, 4) is 0 Å². The first-order valence-electron chi connectivity index (χ1n) is 23.7. The van der Waals surface area contributed by atoms with Crippen molar-refractivity contribution < 1.29 is 29.2 Å². The van der Waals surface area contributed by atoms with Crippen molar-refractivity contribution in [1.82, 2.24) is 4.90 Å². The molecule has 0 saturated carbocycles. The number of carbonyl (C=O) groups is 4. The molecule has 0 radical (unpaired) electrons. The van der Waals surface area contributed by atoms with Gasteiger partial charge in [0.05, 0.1) is 23.3 Å². The lowest BCUT2D eigenvalue weighted by molar-refractivity contribution is -0.849. The Balaban J connectivity index is 0.960. The number of amides is 3. The van der Waals surface area contributed by atoms with Gasteiger partial charge in [0.15, 0.2) is 0 Å². The molecule has 4 aliphatic rings. The number of hydrogen-bond donors (Lipinski definition) is 3. The van der Waals surface area contributed by atoms with Gasteiger partial charge >= 0.3 is 5.97 Å². The molecule has 3 N–H and O–H groups in total. The van der Waals surface area contributed by atoms with Gasteiger partial charge in [0.1, 0.15) is 18.3 Å². The Kier molecular flexibility index (Phi) is 12.1. The molecular formula is C57H62N5O5S+. The Bertz CT molecular complexity index is 3050. The molecule has 11 heteroatoms. The third-order valence-corrected chi connectivity index (χ3v) is 15.8. The predicted molar refractivity (Wildman–Crippen MR) is 277 cm³/mol. The van der Waals surface area contributed by atoms with Gasteiger partial charge < -0.3 is 20.2 Å². The fourth-order valence-corrected chi connectivity index (χ4v) is 12.2. The second kappa shape index (κ2) is 17.6. The average molecular weight is 929 g/mol. The molecule has 68 heavy (non-hydrogen) atoms. The molecule has 350 valence electrons. The minimum Gasteiger partial charge on any atom is -0.481 e. The first-order valence-corrected chi connectivity index (χ1v) is 24.6. The lowest BCUT2D eigenvalue weighted by atomic mass is 9.78. The number of imide groups is 1. The SMILES string of the molecule is CC(C)CCN1/C(=C\C=C2\SC(=O)N(CC(=O)Nc3cccc4c5c(ccc34)[NH+](CCC(=O)O)C(/C=C/C=C3/N(C)c4ccc6ccccc6c4C3(C)C)C5(C)C)C2=O)C(C)(C)c2ccccc21. The topological polar surface area (TPSA) is 115 Å². The van der Waals surface area contributed by atoms with E-state index in [9.17, 15) is 24.3 Å². The van der Waals surface area contributed by atoms with Gasteiger partial charge in [0.25, 0.3) is 11.1 Å². The third-order valence-electron chi connectivity index (χ3n) is 14.8. The molecule has 1 saturated heterocycles. The summed E-state index contributed by atoms with van der Waals surface area (Å²) < 4.78 is 0. The number of carboxylic acids is 1. The molecule has 0 spiro atoms. The van der Waals surface area contributed by atoms with Crippen LogP contribution in [0.3, 0.4) is 0 Å². The third kappa shape index (κ3) is 7.93. The maximum Gasteiger partial charge on any atom is 0.309 e. The fraction of sp³-hybridized carbons (Fsp3) is 0.333. The number of thioether (sulfide) groups is 1. The summed E-state index contributed by atoms with van der Waals surface area (Å²) in [5.74, 6) is -1.31. The van der Waals surface area contributed by atoms with E-state index in [0.717, 1.165) is 67.9 Å². The molecule has 0 aromatic heterocycles. The number of likely N-dealkylation sites (N-methyl/N-ethyl adjacent to an activating group) is 1. The van der Waals surface area contributed by atoms with E-state index >= 15 is 0 Å². The number of benzene rings is 5. The minimum absolute atomic E-state index is 0.00609. The Morgan fingerprint density at radius 3 is 2.28 bits per heavy atom. The monoisotopic (exact) mass is 928 g/mol. The Morgan fingerprint density at radius 1 is 0.779 bits per heavy atom. The van der Waals surface area contributed by atoms with Gasteiger partial charge in [-0.2, -0.15) is 0 Å². The highest BCUT2D eigenvalue weighted by atomic mass is 32.2. The number of rotatable bonds is 12. The van der Waals surface area contributed by atoms with Crippen LogP contribution < -0.4 is 20.0 Å². The number of quaternary nitrogens is 1. The molecule has 0 bridgehead atoms. The van der Waals surface area contributed by atoms with E-state index in [4.69, 9.17) is 0 Å². The highest BCUT2D eigenvalue weighted by Crippen LogP contribution is 2.51. The minimum atomic E-state index is -0.848. The van der Waals surface area contributed by atoms with E-state index in [0.29, 0.717) is 18.2 Å². The highest BCUT2D eigenvalue weighted by molar-refractivity contribution is 8.18. The van der Waals surface area contributed by atoms with E-state index in [-0.39, 0.29) is 28.2 Å². The molecule has 0 aliphatic carbocycles. The van der Waals surface area contributed by atoms with Gasteiger partial charge in [0, 0.05) is 69.9 Å². The second-order valence-corrected chi connectivity index (χ2v) is 21.7. The summed E-state index contributed by atoms with van der Waals surface area (Å²) in [5, 5.41) is 16.6. The van der Waals surface area contributed by atoms with Crippen molar-refractivity contribution >= 4 is 79.1 Å². The van der Waals surface area contributed by atoms with Gasteiger partial charge in [-0.15, -0.1) is 0 Å². The normalized spacial score (nSPS) is 21.9. The lowest BCUT2D eigenvalue weighted by Crippen LogP contribution is -3.10. The zero-order valence-electron chi connectivity index (χ0n) is 40.6. The number of carbonyl (C=O) groups excluding carboxylic acids is 3. The quantitative estimate of drug-likeness (QED) is 0.106. The largest absolute Gasteiger partial charge is 0.481 e. The molecule has 1 fully saturated rings. The van der Waals surface area contributed by atoms with Crippen LogP contribution in [0.2, 0.25) is 0 Å². The number of nitrogens with one attached hydrogen (secondary N) is 2. The van der Waals surface area contributed by atoms with E-state index in [1.54, 1.807) is 6.08 Å². The Labute approximate surface area is 404 Å². The molecule has 9 rings (SSSR count). The zero-order valence-corrected chi connectivity index (χ0v) is 41.4. The molecule has 3 amide bonds. The first kappa shape index (κ1) is 46.7. The van der Waals surface area contributed by atoms with Gasteiger partial charge in [-0.05, 0) is 114 Å². The van der Waals surface area contributed by atoms with Crippen LogP contribution in [0.15, 0.2) is 138 Å². The summed E-state index contributed by atoms with van der Waals surface area (Å²) in [4.78, 5) is 60.0. The van der Waals surface area contributed by atoms with Gasteiger partial charge in [-0.25, -0.2) is 0 Å². The van der Waals surface area contributed by atoms with Crippen molar-refractivity contribution in [2.24, 2.45) is 5.92 Å². The van der Waals surface area contributed by atoms with E-state index in [1.165, 1.54) is 33.3 Å². The van der Waals surface area contributed by atoms with Gasteiger partial charge in [-0.1, -0.05) is 108 Å². The highest BCUT2D eigenvalue weighted by Gasteiger charge is 2.49. The van der Waals surface area contributed by atoms with Crippen LogP contribution in [0.5, 0.6) is 0 Å². The number of anilines is 3. The Hall–Kier alpha value is -6.43. The maximum atomic E-state index is 13.8. The predicted octanol–water partition coefficient (Wildman–Crippen LogP) is 10.8. The number of allylic oxidation sites excluding steroid dienone is 6. The van der Waals surface area contributed by atoms with Gasteiger partial charge in [0.2, 0.25) is 5.91 Å². The van der Waals surface area contributed by atoms with E-state index in [1.807, 2.05) is 30.3 Å². The standard InChI is InChI=1S/C57H61N5O5S/c1-35(2)30-32-60-42-21-13-12-19-40(42)55(3,4)48(60)29-28-45-53(66)62(54(67)68-45)34-49(63)58-41-20-14-18-39-38(41)25-27-44-52(39)57(7,8)47(61(44)33-31-50(64)65)23-15-22-46-56(5,6)51-37-17-11-10-16-36(37)24-26-43(51)59(46)9/h10-29,35,47H,30-34H2,1-9H3,(H,58,63)(H,64,65)/p+1/b23-15+,45-28+,46-22+,48-29-. The summed E-state index contributed by atoms with van der Waals surface area (Å²) >= 11 is 0.854. The van der Waals surface area contributed by atoms with Crippen molar-refractivity contribution in [2.45, 2.75) is 90.5 Å². The van der Waals surface area contributed by atoms with Crippen molar-refractivity contribution in [3.05, 3.63) is 154 Å². The number of aliphatic carboxylic acids is 1. The van der Waals surface area contributed by atoms with Crippen LogP contribution in [0.1, 0.15) is 84.9 Å². The van der Waals surface area contributed by atoms with Crippen LogP contribution in [0, 0.1) is 5.92 Å². The summed E-state index contributed by atoms with van der Waals surface area (Å²) in [6.07, 6.45) is 11.3. The van der Waals surface area contributed by atoms with Gasteiger partial charge in [-0.3, -0.25) is 29.0 Å². The molecule has 5 aromatic carbocycles. The molecular weight excluding hydrogens is 867 g/mol. The fourth-order valence-electron chi connectivity index (χ4n) is 11.4. The van der Waals surface area contributed by atoms with E-state index < -0.39 is 35.0 Å². The molecule has 2 atom stereocenters. The van der Waals surface area contributed by atoms with Crippen LogP contribution in [0.25, 0.3) is 21.5 Å². The summed E-state index contributed by atoms with van der Waals surface area (Å²) in [7, 11) is 2.12. The number of carboxylic acid groups (broad SMARTS) is 1. The van der Waals surface area contributed by atoms with Crippen LogP contribution >= 0.6 is 11.8 Å². The maximum absolute atomic E-state index is 13.8. The van der Waals surface area contributed by atoms with Crippen molar-refractivity contribution in [2.75, 3.05) is 41.8 Å². The van der Waals surface area contributed by atoms with Crippen LogP contribution in [0.4, 0.5) is 27.5 Å².